The molecule has 0 saturated carbocycles. The molecule has 2 aromatic rings. The summed E-state index contributed by atoms with van der Waals surface area (Å²) in [5.41, 5.74) is 1.12. The zero-order chi connectivity index (χ0) is 18.8. The number of rotatable bonds is 3. The average molecular weight is 418 g/mol. The highest BCUT2D eigenvalue weighted by atomic mass is 79.9. The highest BCUT2D eigenvalue weighted by Crippen LogP contribution is 2.36. The van der Waals surface area contributed by atoms with E-state index in [4.69, 9.17) is 14.2 Å². The predicted octanol–water partition coefficient (Wildman–Crippen LogP) is 4.13. The largest absolute Gasteiger partial charge is 0.496 e. The third-order valence-corrected chi connectivity index (χ3v) is 4.18. The third kappa shape index (κ3) is 3.57. The normalized spacial score (nSPS) is 14.0. The summed E-state index contributed by atoms with van der Waals surface area (Å²) in [6.45, 7) is 0. The summed E-state index contributed by atoms with van der Waals surface area (Å²) in [4.78, 5) is 25.5. The number of carbonyl (C=O) groups is 2. The Hall–Kier alpha value is -2.80. The van der Waals surface area contributed by atoms with Crippen molar-refractivity contribution < 1.29 is 23.8 Å². The van der Waals surface area contributed by atoms with Gasteiger partial charge in [0.15, 0.2) is 5.76 Å². The van der Waals surface area contributed by atoms with Crippen molar-refractivity contribution in [2.24, 2.45) is 0 Å². The number of ether oxygens (including phenoxy) is 3. The molecule has 0 spiro atoms. The number of nitrogens with zero attached hydrogens (tertiary/aromatic N) is 1. The predicted molar refractivity (Wildman–Crippen MR) is 99.8 cm³/mol. The van der Waals surface area contributed by atoms with Crippen molar-refractivity contribution in [2.75, 3.05) is 21.2 Å². The van der Waals surface area contributed by atoms with Crippen LogP contribution in [0, 0.1) is 0 Å². The van der Waals surface area contributed by atoms with E-state index in [2.05, 4.69) is 15.9 Å². The Bertz CT molecular complexity index is 920. The van der Waals surface area contributed by atoms with E-state index in [0.717, 1.165) is 4.47 Å². The number of halogens is 1. The molecule has 0 fully saturated rings. The van der Waals surface area contributed by atoms with Crippen molar-refractivity contribution in [3.63, 3.8) is 0 Å². The van der Waals surface area contributed by atoms with Crippen molar-refractivity contribution in [1.29, 1.82) is 0 Å². The number of methoxy groups -OCH3 is 1. The molecule has 0 aliphatic carbocycles. The number of hydrogen-bond donors (Lipinski definition) is 0. The number of allylic oxidation sites excluding steroid dienone is 1. The first-order valence-electron chi connectivity index (χ1n) is 7.70. The SMILES string of the molecule is COc1ccc(Br)cc1/C=C1\Oc2cc(OC(=O)N(C)C)ccc2C1=O. The maximum Gasteiger partial charge on any atom is 0.414 e. The highest BCUT2D eigenvalue weighted by Gasteiger charge is 2.28. The van der Waals surface area contributed by atoms with Crippen LogP contribution in [0.2, 0.25) is 0 Å². The quantitative estimate of drug-likeness (QED) is 0.702. The molecule has 1 aliphatic heterocycles. The van der Waals surface area contributed by atoms with Gasteiger partial charge in [-0.05, 0) is 36.4 Å². The second-order valence-electron chi connectivity index (χ2n) is 5.75. The second kappa shape index (κ2) is 7.21. The minimum Gasteiger partial charge on any atom is -0.496 e. The van der Waals surface area contributed by atoms with Crippen molar-refractivity contribution in [3.05, 3.63) is 57.8 Å². The van der Waals surface area contributed by atoms with Crippen LogP contribution < -0.4 is 14.2 Å². The second-order valence-corrected chi connectivity index (χ2v) is 6.66. The lowest BCUT2D eigenvalue weighted by Crippen LogP contribution is -2.25. The zero-order valence-corrected chi connectivity index (χ0v) is 16.0. The van der Waals surface area contributed by atoms with Gasteiger partial charge in [-0.15, -0.1) is 0 Å². The molecule has 3 rings (SSSR count). The van der Waals surface area contributed by atoms with Gasteiger partial charge in [0.2, 0.25) is 5.78 Å². The molecule has 0 aromatic heterocycles. The Morgan fingerprint density at radius 1 is 1.19 bits per heavy atom. The molecule has 0 saturated heterocycles. The molecule has 26 heavy (non-hydrogen) atoms. The monoisotopic (exact) mass is 417 g/mol. The summed E-state index contributed by atoms with van der Waals surface area (Å²) >= 11 is 3.40. The number of carbonyl (C=O) groups excluding carboxylic acids is 2. The van der Waals surface area contributed by atoms with Gasteiger partial charge >= 0.3 is 6.09 Å². The van der Waals surface area contributed by atoms with E-state index >= 15 is 0 Å². The lowest BCUT2D eigenvalue weighted by Gasteiger charge is -2.10. The van der Waals surface area contributed by atoms with Crippen molar-refractivity contribution >= 4 is 33.9 Å². The summed E-state index contributed by atoms with van der Waals surface area (Å²) in [6, 6.07) is 10.1. The van der Waals surface area contributed by atoms with Gasteiger partial charge in [0.25, 0.3) is 0 Å². The van der Waals surface area contributed by atoms with Crippen LogP contribution in [0.25, 0.3) is 6.08 Å². The highest BCUT2D eigenvalue weighted by molar-refractivity contribution is 9.10. The third-order valence-electron chi connectivity index (χ3n) is 3.69. The topological polar surface area (TPSA) is 65.1 Å². The lowest BCUT2D eigenvalue weighted by molar-refractivity contribution is 0.101. The Morgan fingerprint density at radius 3 is 2.65 bits per heavy atom. The summed E-state index contributed by atoms with van der Waals surface area (Å²) < 4.78 is 17.0. The Balaban J connectivity index is 1.90. The van der Waals surface area contributed by atoms with Gasteiger partial charge in [0, 0.05) is 30.2 Å². The van der Waals surface area contributed by atoms with Crippen LogP contribution in [0.5, 0.6) is 17.2 Å². The van der Waals surface area contributed by atoms with Gasteiger partial charge in [-0.25, -0.2) is 4.79 Å². The minimum absolute atomic E-state index is 0.174. The van der Waals surface area contributed by atoms with Crippen molar-refractivity contribution in [2.45, 2.75) is 0 Å². The molecule has 0 N–H and O–H groups in total. The Kier molecular flexibility index (Phi) is 4.99. The van der Waals surface area contributed by atoms with Gasteiger partial charge in [-0.1, -0.05) is 15.9 Å². The number of fused-ring (bicyclic) bond motifs is 1. The van der Waals surface area contributed by atoms with E-state index in [1.807, 2.05) is 12.1 Å². The van der Waals surface area contributed by atoms with E-state index in [0.29, 0.717) is 28.4 Å². The molecular formula is C19H16BrNO5. The summed E-state index contributed by atoms with van der Waals surface area (Å²) in [7, 11) is 4.73. The number of amides is 1. The van der Waals surface area contributed by atoms with Gasteiger partial charge in [0.1, 0.15) is 17.2 Å². The van der Waals surface area contributed by atoms with Crippen molar-refractivity contribution in [3.8, 4) is 17.2 Å². The van der Waals surface area contributed by atoms with Crippen molar-refractivity contribution in [1.82, 2.24) is 4.90 Å². The first-order valence-corrected chi connectivity index (χ1v) is 8.49. The van der Waals surface area contributed by atoms with Crippen LogP contribution in [0.1, 0.15) is 15.9 Å². The fourth-order valence-corrected chi connectivity index (χ4v) is 2.76. The molecule has 134 valence electrons. The molecule has 0 bridgehead atoms. The molecule has 7 heteroatoms. The van der Waals surface area contributed by atoms with Gasteiger partial charge in [-0.3, -0.25) is 4.79 Å². The molecule has 1 heterocycles. The lowest BCUT2D eigenvalue weighted by atomic mass is 10.1. The van der Waals surface area contributed by atoms with Crippen LogP contribution >= 0.6 is 15.9 Å². The molecule has 2 aromatic carbocycles. The standard InChI is InChI=1S/C19H16BrNO5/c1-21(2)19(23)25-13-5-6-14-16(10-13)26-17(18(14)22)9-11-8-12(20)4-7-15(11)24-3/h4-10H,1-3H3/b17-9-. The summed E-state index contributed by atoms with van der Waals surface area (Å²) in [5, 5.41) is 0. The molecule has 6 nitrogen and oxygen atoms in total. The van der Waals surface area contributed by atoms with Crippen LogP contribution in [0.4, 0.5) is 4.79 Å². The van der Waals surface area contributed by atoms with Gasteiger partial charge in [0.05, 0.1) is 12.7 Å². The van der Waals surface area contributed by atoms with E-state index in [9.17, 15) is 9.59 Å². The number of benzene rings is 2. The fraction of sp³-hybridized carbons (Fsp3) is 0.158. The van der Waals surface area contributed by atoms with E-state index in [1.165, 1.54) is 11.0 Å². The van der Waals surface area contributed by atoms with Crippen LogP contribution in [-0.2, 0) is 0 Å². The van der Waals surface area contributed by atoms with Gasteiger partial charge in [-0.2, -0.15) is 0 Å². The maximum atomic E-state index is 12.6. The van der Waals surface area contributed by atoms with E-state index < -0.39 is 6.09 Å². The number of ketones is 1. The first-order chi connectivity index (χ1) is 12.4. The minimum atomic E-state index is -0.510. The number of Topliss-reactive ketones (excluding diaryl/α,β-unsaturated/α-hetero) is 1. The Morgan fingerprint density at radius 2 is 1.96 bits per heavy atom. The Labute approximate surface area is 159 Å². The van der Waals surface area contributed by atoms with Crippen LogP contribution in [-0.4, -0.2) is 38.0 Å². The fourth-order valence-electron chi connectivity index (χ4n) is 2.38. The van der Waals surface area contributed by atoms with Crippen LogP contribution in [0.3, 0.4) is 0 Å². The molecule has 0 atom stereocenters. The molecule has 0 radical (unpaired) electrons. The number of hydrogen-bond acceptors (Lipinski definition) is 5. The molecule has 0 unspecified atom stereocenters. The van der Waals surface area contributed by atoms with E-state index in [-0.39, 0.29) is 11.5 Å². The maximum absolute atomic E-state index is 12.6. The smallest absolute Gasteiger partial charge is 0.414 e. The van der Waals surface area contributed by atoms with Crippen LogP contribution in [0.15, 0.2) is 46.6 Å². The summed E-state index contributed by atoms with van der Waals surface area (Å²) in [5.74, 6) is 1.20. The van der Waals surface area contributed by atoms with E-state index in [1.54, 1.807) is 45.5 Å². The molecule has 1 amide bonds. The van der Waals surface area contributed by atoms with Gasteiger partial charge < -0.3 is 19.1 Å². The summed E-state index contributed by atoms with van der Waals surface area (Å²) in [6.07, 6.45) is 1.11. The average Bonchev–Trinajstić information content (AvgIpc) is 2.90. The zero-order valence-electron chi connectivity index (χ0n) is 14.4. The molecular weight excluding hydrogens is 402 g/mol. The first kappa shape index (κ1) is 18.0. The molecule has 1 aliphatic rings.